The van der Waals surface area contributed by atoms with E-state index in [2.05, 4.69) is 0 Å². The Kier molecular flexibility index (Phi) is 2.33. The van der Waals surface area contributed by atoms with E-state index in [4.69, 9.17) is 18.1 Å². The van der Waals surface area contributed by atoms with E-state index in [1.165, 1.54) is 0 Å². The minimum absolute atomic E-state index is 0.0646. The predicted molar refractivity (Wildman–Crippen MR) is 157 cm³/mol. The summed E-state index contributed by atoms with van der Waals surface area (Å²) in [6, 6.07) is 5.12. The first-order valence-corrected chi connectivity index (χ1v) is 11.6. The Hall–Kier alpha value is -4.88. The van der Waals surface area contributed by atoms with Crippen LogP contribution in [0.4, 0.5) is 0 Å². The van der Waals surface area contributed by atoms with Gasteiger partial charge in [0.05, 0.1) is 19.2 Å². The molecule has 0 unspecified atom stereocenters. The largest absolute Gasteiger partial charge is 0.456 e. The minimum Gasteiger partial charge on any atom is -0.456 e. The molecule has 0 atom stereocenters. The number of furan rings is 1. The summed E-state index contributed by atoms with van der Waals surface area (Å²) < 4.78 is 130. The number of benzene rings is 7. The van der Waals surface area contributed by atoms with Crippen LogP contribution in [-0.4, -0.2) is 0 Å². The molecule has 0 fully saturated rings. The van der Waals surface area contributed by atoms with Crippen molar-refractivity contribution in [3.8, 4) is 22.3 Å². The van der Waals surface area contributed by atoms with Crippen molar-refractivity contribution < 1.29 is 23.6 Å². The van der Waals surface area contributed by atoms with Gasteiger partial charge in [-0.2, -0.15) is 0 Å². The highest BCUT2D eigenvalue weighted by atomic mass is 16.3. The predicted octanol–water partition coefficient (Wildman–Crippen LogP) is 10.4. The summed E-state index contributed by atoms with van der Waals surface area (Å²) in [7, 11) is 0. The van der Waals surface area contributed by atoms with Gasteiger partial charge in [0.15, 0.2) is 0 Å². The normalized spacial score (nSPS) is 17.1. The van der Waals surface area contributed by atoms with Crippen LogP contribution in [-0.2, 0) is 0 Å². The third-order valence-corrected chi connectivity index (χ3v) is 6.69. The van der Waals surface area contributed by atoms with Crippen LogP contribution in [0.5, 0.6) is 0 Å². The minimum atomic E-state index is -0.676. The number of rotatable bonds is 2. The van der Waals surface area contributed by atoms with Gasteiger partial charge >= 0.3 is 0 Å². The lowest BCUT2D eigenvalue weighted by molar-refractivity contribution is 0.669. The molecule has 0 bridgehead atoms. The Morgan fingerprint density at radius 3 is 1.81 bits per heavy atom. The number of para-hydroxylation sites is 1. The molecule has 37 heavy (non-hydrogen) atoms. The highest BCUT2D eigenvalue weighted by Gasteiger charge is 2.20. The van der Waals surface area contributed by atoms with E-state index >= 15 is 0 Å². The molecule has 0 saturated heterocycles. The lowest BCUT2D eigenvalue weighted by Gasteiger charge is -2.19. The summed E-state index contributed by atoms with van der Waals surface area (Å²) in [5.74, 6) is 0. The van der Waals surface area contributed by atoms with E-state index in [1.807, 2.05) is 6.07 Å². The first kappa shape index (κ1) is 11.0. The molecule has 1 aromatic heterocycles. The summed E-state index contributed by atoms with van der Waals surface area (Å²) in [5.41, 5.74) is 0.845. The second-order valence-corrected chi connectivity index (χ2v) is 8.60. The van der Waals surface area contributed by atoms with E-state index < -0.39 is 84.6 Å². The van der Waals surface area contributed by atoms with Gasteiger partial charge in [-0.3, -0.25) is 0 Å². The van der Waals surface area contributed by atoms with Gasteiger partial charge in [-0.25, -0.2) is 0 Å². The maximum Gasteiger partial charge on any atom is 0.136 e. The molecule has 8 aromatic rings. The van der Waals surface area contributed by atoms with Crippen LogP contribution in [0.15, 0.2) is 138 Å². The lowest BCUT2D eigenvalue weighted by atomic mass is 9.84. The number of fused-ring (bicyclic) bond motifs is 6. The monoisotopic (exact) mass is 484 g/mol. The standard InChI is InChI=1S/C36H22O/c1-2-13-24-23(11-1)12-9-19-25(24)34-26-14-3-5-16-28(26)35(29-17-6-4-15-27(29)34)31-20-10-22-33-36(31)30-18-7-8-21-32(30)37-33/h1-22H/i1D,2D,3D,4D,5D,6D,9D,11D,12D,14D,15D,16D,17D,19D. The summed E-state index contributed by atoms with van der Waals surface area (Å²) in [5, 5.41) is 0.0961. The highest BCUT2D eigenvalue weighted by molar-refractivity contribution is 6.26. The fraction of sp³-hybridized carbons (Fsp3) is 0. The van der Waals surface area contributed by atoms with E-state index in [-0.39, 0.29) is 49.0 Å². The summed E-state index contributed by atoms with van der Waals surface area (Å²) in [6.07, 6.45) is 0. The molecule has 0 N–H and O–H groups in total. The molecule has 0 saturated carbocycles. The second-order valence-electron chi connectivity index (χ2n) is 8.60. The van der Waals surface area contributed by atoms with Gasteiger partial charge in [-0.15, -0.1) is 0 Å². The van der Waals surface area contributed by atoms with Crippen molar-refractivity contribution in [1.82, 2.24) is 0 Å². The molecule has 0 aliphatic heterocycles. The SMILES string of the molecule is [2H]c1cc2c(-c3c4c([2H])c([2H])c([2H])c([2H])c4c(-c4cccc5oc6ccccc6c45)c4c([2H])c([2H])c([2H])c([2H])c34)c([2H])c([2H])c([2H])c2c([2H])c1[2H]. The molecule has 0 aliphatic rings. The van der Waals surface area contributed by atoms with Gasteiger partial charge in [0.1, 0.15) is 11.2 Å². The van der Waals surface area contributed by atoms with Crippen LogP contribution in [0.1, 0.15) is 19.2 Å². The third-order valence-electron chi connectivity index (χ3n) is 6.69. The molecule has 1 heteroatoms. The van der Waals surface area contributed by atoms with Crippen molar-refractivity contribution in [2.75, 3.05) is 0 Å². The van der Waals surface area contributed by atoms with Gasteiger partial charge in [0.2, 0.25) is 0 Å². The van der Waals surface area contributed by atoms with Gasteiger partial charge in [-0.05, 0) is 66.7 Å². The van der Waals surface area contributed by atoms with Crippen LogP contribution >= 0.6 is 0 Å². The zero-order chi connectivity index (χ0) is 36.5. The Morgan fingerprint density at radius 1 is 0.432 bits per heavy atom. The summed E-state index contributed by atoms with van der Waals surface area (Å²) >= 11 is 0. The number of hydrogen-bond acceptors (Lipinski definition) is 1. The zero-order valence-corrected chi connectivity index (χ0v) is 19.0. The molecule has 0 aliphatic carbocycles. The molecule has 172 valence electrons. The Labute approximate surface area is 233 Å². The van der Waals surface area contributed by atoms with Crippen LogP contribution in [0.2, 0.25) is 0 Å². The van der Waals surface area contributed by atoms with Crippen molar-refractivity contribution in [3.05, 3.63) is 133 Å². The molecule has 1 nitrogen and oxygen atoms in total. The maximum absolute atomic E-state index is 9.29. The molecular weight excluding hydrogens is 448 g/mol. The van der Waals surface area contributed by atoms with Crippen molar-refractivity contribution >= 4 is 54.3 Å². The number of hydrogen-bond donors (Lipinski definition) is 0. The smallest absolute Gasteiger partial charge is 0.136 e. The van der Waals surface area contributed by atoms with E-state index in [9.17, 15) is 5.48 Å². The summed E-state index contributed by atoms with van der Waals surface area (Å²) in [6.45, 7) is 0. The molecule has 8 rings (SSSR count). The molecule has 0 radical (unpaired) electrons. The van der Waals surface area contributed by atoms with Gasteiger partial charge in [0, 0.05) is 10.8 Å². The highest BCUT2D eigenvalue weighted by Crippen LogP contribution is 2.47. The molecule has 1 heterocycles. The zero-order valence-electron chi connectivity index (χ0n) is 33.0. The average Bonchev–Trinajstić information content (AvgIpc) is 3.51. The van der Waals surface area contributed by atoms with E-state index in [1.54, 1.807) is 36.4 Å². The van der Waals surface area contributed by atoms with E-state index in [0.717, 1.165) is 6.07 Å². The first-order chi connectivity index (χ1) is 24.2. The second kappa shape index (κ2) is 7.81. The molecule has 7 aromatic carbocycles. The van der Waals surface area contributed by atoms with Gasteiger partial charge in [0.25, 0.3) is 0 Å². The molecular formula is C36H22O. The van der Waals surface area contributed by atoms with Gasteiger partial charge in [-0.1, -0.05) is 121 Å². The Morgan fingerprint density at radius 2 is 1.05 bits per heavy atom. The van der Waals surface area contributed by atoms with Crippen LogP contribution < -0.4 is 0 Å². The van der Waals surface area contributed by atoms with Crippen molar-refractivity contribution in [1.29, 1.82) is 0 Å². The summed E-state index contributed by atoms with van der Waals surface area (Å²) in [4.78, 5) is 0. The quantitative estimate of drug-likeness (QED) is 0.222. The Balaban J connectivity index is 1.78. The van der Waals surface area contributed by atoms with Gasteiger partial charge < -0.3 is 4.42 Å². The molecule has 0 spiro atoms. The topological polar surface area (TPSA) is 13.1 Å². The fourth-order valence-electron chi connectivity index (χ4n) is 5.19. The van der Waals surface area contributed by atoms with Crippen LogP contribution in [0.3, 0.4) is 0 Å². The van der Waals surface area contributed by atoms with Crippen molar-refractivity contribution in [2.24, 2.45) is 0 Å². The van der Waals surface area contributed by atoms with E-state index in [0.29, 0.717) is 27.5 Å². The van der Waals surface area contributed by atoms with Crippen molar-refractivity contribution in [2.45, 2.75) is 0 Å². The third kappa shape index (κ3) is 2.92. The lowest BCUT2D eigenvalue weighted by Crippen LogP contribution is -1.92. The van der Waals surface area contributed by atoms with Crippen LogP contribution in [0, 0.1) is 0 Å². The van der Waals surface area contributed by atoms with Crippen LogP contribution in [0.25, 0.3) is 76.5 Å². The molecule has 0 amide bonds. The Bertz CT molecular complexity index is 2820. The first-order valence-electron chi connectivity index (χ1n) is 18.6. The average molecular weight is 485 g/mol. The van der Waals surface area contributed by atoms with Crippen molar-refractivity contribution in [3.63, 3.8) is 0 Å². The maximum atomic E-state index is 9.29. The fourth-order valence-corrected chi connectivity index (χ4v) is 5.19.